The van der Waals surface area contributed by atoms with Crippen molar-refractivity contribution >= 4 is 23.9 Å². The maximum Gasteiger partial charge on any atom is 0.263 e. The van der Waals surface area contributed by atoms with Gasteiger partial charge in [0.1, 0.15) is 0 Å². The number of rotatable bonds is 5. The lowest BCUT2D eigenvalue weighted by Crippen LogP contribution is -1.99. The van der Waals surface area contributed by atoms with E-state index < -0.39 is 0 Å². The van der Waals surface area contributed by atoms with Gasteiger partial charge in [-0.3, -0.25) is 0 Å². The van der Waals surface area contributed by atoms with Gasteiger partial charge in [-0.15, -0.1) is 16.9 Å². The Balaban J connectivity index is 1.69. The number of nitrogens with zero attached hydrogens (tertiary/aromatic N) is 4. The van der Waals surface area contributed by atoms with Gasteiger partial charge in [0.15, 0.2) is 0 Å². The summed E-state index contributed by atoms with van der Waals surface area (Å²) >= 11 is 1.71. The van der Waals surface area contributed by atoms with Gasteiger partial charge in [0.2, 0.25) is 0 Å². The van der Waals surface area contributed by atoms with Crippen molar-refractivity contribution in [2.45, 2.75) is 4.90 Å². The van der Waals surface area contributed by atoms with Gasteiger partial charge in [0, 0.05) is 10.5 Å². The Morgan fingerprint density at radius 3 is 2.57 bits per heavy atom. The molecule has 114 valence electrons. The molecule has 0 saturated carbocycles. The number of hydrogen-bond acceptors (Lipinski definition) is 6. The van der Waals surface area contributed by atoms with E-state index in [2.05, 4.69) is 44.1 Å². The van der Waals surface area contributed by atoms with Crippen LogP contribution in [0.2, 0.25) is 0 Å². The fraction of sp³-hybridized carbons (Fsp3) is 0.0588. The third-order valence-electron chi connectivity index (χ3n) is 3.12. The maximum absolute atomic E-state index is 4.40. The molecule has 0 atom stereocenters. The zero-order valence-electron chi connectivity index (χ0n) is 12.5. The second-order valence-corrected chi connectivity index (χ2v) is 5.55. The van der Waals surface area contributed by atoms with Gasteiger partial charge in [0.05, 0.1) is 18.1 Å². The highest BCUT2D eigenvalue weighted by molar-refractivity contribution is 7.98. The van der Waals surface area contributed by atoms with Crippen LogP contribution in [-0.4, -0.2) is 27.7 Å². The Kier molecular flexibility index (Phi) is 4.95. The van der Waals surface area contributed by atoms with Gasteiger partial charge in [-0.25, -0.2) is 10.4 Å². The van der Waals surface area contributed by atoms with Crippen LogP contribution >= 0.6 is 11.8 Å². The molecule has 0 unspecified atom stereocenters. The van der Waals surface area contributed by atoms with Crippen molar-refractivity contribution in [2.75, 3.05) is 11.7 Å². The molecule has 1 aromatic heterocycles. The summed E-state index contributed by atoms with van der Waals surface area (Å²) in [5.41, 5.74) is 5.55. The molecule has 0 aliphatic rings. The Bertz CT molecular complexity index is 788. The van der Waals surface area contributed by atoms with E-state index in [4.69, 9.17) is 0 Å². The first-order valence-corrected chi connectivity index (χ1v) is 8.26. The van der Waals surface area contributed by atoms with E-state index in [1.807, 2.05) is 42.5 Å². The van der Waals surface area contributed by atoms with Crippen molar-refractivity contribution in [1.29, 1.82) is 0 Å². The summed E-state index contributed by atoms with van der Waals surface area (Å²) in [6.07, 6.45) is 5.41. The van der Waals surface area contributed by atoms with E-state index >= 15 is 0 Å². The van der Waals surface area contributed by atoms with E-state index in [0.29, 0.717) is 5.95 Å². The molecular formula is C17H15N5S. The molecule has 1 heterocycles. The molecule has 6 heteroatoms. The second-order valence-electron chi connectivity index (χ2n) is 4.67. The van der Waals surface area contributed by atoms with Crippen molar-refractivity contribution < 1.29 is 0 Å². The number of nitrogens with one attached hydrogen (secondary N) is 1. The number of anilines is 1. The summed E-state index contributed by atoms with van der Waals surface area (Å²) in [5, 5.41) is 12.0. The van der Waals surface area contributed by atoms with E-state index in [9.17, 15) is 0 Å². The van der Waals surface area contributed by atoms with Crippen molar-refractivity contribution in [3.63, 3.8) is 0 Å². The summed E-state index contributed by atoms with van der Waals surface area (Å²) in [4.78, 5) is 5.62. The quantitative estimate of drug-likeness (QED) is 0.441. The predicted octanol–water partition coefficient (Wildman–Crippen LogP) is 3.71. The minimum Gasteiger partial charge on any atom is -0.244 e. The highest BCUT2D eigenvalue weighted by atomic mass is 32.2. The van der Waals surface area contributed by atoms with E-state index in [1.54, 1.807) is 24.2 Å². The molecule has 1 N–H and O–H groups in total. The summed E-state index contributed by atoms with van der Waals surface area (Å²) in [6.45, 7) is 0. The molecule has 2 aromatic carbocycles. The molecule has 0 aliphatic heterocycles. The molecule has 0 bridgehead atoms. The zero-order chi connectivity index (χ0) is 15.9. The average molecular weight is 321 g/mol. The van der Waals surface area contributed by atoms with E-state index in [0.717, 1.165) is 16.8 Å². The number of benzene rings is 2. The van der Waals surface area contributed by atoms with E-state index in [1.165, 1.54) is 4.90 Å². The molecular weight excluding hydrogens is 306 g/mol. The fourth-order valence-electron chi connectivity index (χ4n) is 1.95. The lowest BCUT2D eigenvalue weighted by atomic mass is 10.2. The van der Waals surface area contributed by atoms with E-state index in [-0.39, 0.29) is 0 Å². The Morgan fingerprint density at radius 1 is 1.04 bits per heavy atom. The Morgan fingerprint density at radius 2 is 1.83 bits per heavy atom. The van der Waals surface area contributed by atoms with Crippen LogP contribution in [-0.2, 0) is 0 Å². The summed E-state index contributed by atoms with van der Waals surface area (Å²) in [7, 11) is 0. The minimum atomic E-state index is 0.364. The number of hydrazone groups is 1. The largest absolute Gasteiger partial charge is 0.263 e. The third-order valence-corrected chi connectivity index (χ3v) is 3.87. The number of aromatic nitrogens is 3. The van der Waals surface area contributed by atoms with Crippen molar-refractivity contribution in [3.8, 4) is 11.3 Å². The van der Waals surface area contributed by atoms with Crippen LogP contribution in [0.25, 0.3) is 11.3 Å². The van der Waals surface area contributed by atoms with Gasteiger partial charge in [-0.1, -0.05) is 42.5 Å². The van der Waals surface area contributed by atoms with Crippen LogP contribution in [0, 0.1) is 0 Å². The highest BCUT2D eigenvalue weighted by Crippen LogP contribution is 2.16. The lowest BCUT2D eigenvalue weighted by Gasteiger charge is -2.02. The van der Waals surface area contributed by atoms with Gasteiger partial charge in [0.25, 0.3) is 5.95 Å². The van der Waals surface area contributed by atoms with Crippen molar-refractivity contribution in [2.24, 2.45) is 5.10 Å². The third kappa shape index (κ3) is 4.14. The Labute approximate surface area is 138 Å². The Hall–Kier alpha value is -2.73. The van der Waals surface area contributed by atoms with Crippen LogP contribution in [0.3, 0.4) is 0 Å². The van der Waals surface area contributed by atoms with Gasteiger partial charge in [-0.05, 0) is 24.0 Å². The first-order valence-electron chi connectivity index (χ1n) is 7.03. The highest BCUT2D eigenvalue weighted by Gasteiger charge is 2.01. The summed E-state index contributed by atoms with van der Waals surface area (Å²) < 4.78 is 0. The van der Waals surface area contributed by atoms with Crippen LogP contribution in [0.4, 0.5) is 5.95 Å². The second kappa shape index (κ2) is 7.51. The molecule has 3 aromatic rings. The molecule has 5 nitrogen and oxygen atoms in total. The molecule has 0 radical (unpaired) electrons. The molecule has 3 rings (SSSR count). The average Bonchev–Trinajstić information content (AvgIpc) is 2.63. The maximum atomic E-state index is 4.40. The zero-order valence-corrected chi connectivity index (χ0v) is 13.4. The molecule has 0 spiro atoms. The predicted molar refractivity (Wildman–Crippen MR) is 94.7 cm³/mol. The normalized spacial score (nSPS) is 10.8. The first kappa shape index (κ1) is 15.2. The molecule has 0 fully saturated rings. The minimum absolute atomic E-state index is 0.364. The molecule has 0 amide bonds. The van der Waals surface area contributed by atoms with Crippen LogP contribution in [0.5, 0.6) is 0 Å². The van der Waals surface area contributed by atoms with Crippen LogP contribution < -0.4 is 5.43 Å². The monoisotopic (exact) mass is 321 g/mol. The summed E-state index contributed by atoms with van der Waals surface area (Å²) in [6, 6.07) is 18.0. The van der Waals surface area contributed by atoms with Gasteiger partial charge >= 0.3 is 0 Å². The SMILES string of the molecule is CSc1ccc(C=NNc2nncc(-c3ccccc3)n2)cc1. The molecule has 23 heavy (non-hydrogen) atoms. The van der Waals surface area contributed by atoms with Crippen molar-refractivity contribution in [3.05, 3.63) is 66.4 Å². The topological polar surface area (TPSA) is 63.1 Å². The smallest absolute Gasteiger partial charge is 0.244 e. The van der Waals surface area contributed by atoms with Crippen molar-refractivity contribution in [1.82, 2.24) is 15.2 Å². The van der Waals surface area contributed by atoms with Crippen LogP contribution in [0.1, 0.15) is 5.56 Å². The summed E-state index contributed by atoms with van der Waals surface area (Å²) in [5.74, 6) is 0.364. The standard InChI is InChI=1S/C17H15N5S/c1-23-15-9-7-13(8-10-15)11-18-21-17-20-16(12-19-22-17)14-5-3-2-4-6-14/h2-12H,1H3,(H,20,21,22). The number of thioether (sulfide) groups is 1. The number of hydrogen-bond donors (Lipinski definition) is 1. The molecule has 0 aliphatic carbocycles. The first-order chi connectivity index (χ1) is 11.3. The fourth-order valence-corrected chi connectivity index (χ4v) is 2.36. The van der Waals surface area contributed by atoms with Gasteiger partial charge in [-0.2, -0.15) is 10.2 Å². The van der Waals surface area contributed by atoms with Crippen LogP contribution in [0.15, 0.2) is 70.8 Å². The lowest BCUT2D eigenvalue weighted by molar-refractivity contribution is 0.967. The van der Waals surface area contributed by atoms with Gasteiger partial charge < -0.3 is 0 Å². The molecule has 0 saturated heterocycles.